The molecule has 5 N–H and O–H groups in total. The minimum Gasteiger partial charge on any atom is -0.385 e. The van der Waals surface area contributed by atoms with E-state index in [-0.39, 0.29) is 17.7 Å². The molecule has 0 spiro atoms. The lowest BCUT2D eigenvalue weighted by Gasteiger charge is -2.24. The van der Waals surface area contributed by atoms with Gasteiger partial charge in [0.15, 0.2) is 5.96 Å². The SMILES string of the molecule is CCC1N=C(N)NC(N)=C1c1ccc([N+](=O)[O-])cc1. The molecule has 0 aliphatic carbocycles. The van der Waals surface area contributed by atoms with Gasteiger partial charge in [0.05, 0.1) is 11.0 Å². The van der Waals surface area contributed by atoms with E-state index < -0.39 is 4.92 Å². The molecule has 0 saturated heterocycles. The van der Waals surface area contributed by atoms with Gasteiger partial charge < -0.3 is 16.8 Å². The van der Waals surface area contributed by atoms with E-state index >= 15 is 0 Å². The Morgan fingerprint density at radius 3 is 2.53 bits per heavy atom. The van der Waals surface area contributed by atoms with Crippen LogP contribution in [0.1, 0.15) is 18.9 Å². The number of non-ortho nitro benzene ring substituents is 1. The predicted molar refractivity (Wildman–Crippen MR) is 73.0 cm³/mol. The molecule has 100 valence electrons. The molecule has 2 rings (SSSR count). The van der Waals surface area contributed by atoms with Crippen LogP contribution in [0.25, 0.3) is 5.57 Å². The molecule has 0 aromatic heterocycles. The van der Waals surface area contributed by atoms with Gasteiger partial charge in [0.1, 0.15) is 5.82 Å². The van der Waals surface area contributed by atoms with Crippen molar-refractivity contribution in [3.63, 3.8) is 0 Å². The lowest BCUT2D eigenvalue weighted by molar-refractivity contribution is -0.384. The lowest BCUT2D eigenvalue weighted by atomic mass is 9.96. The van der Waals surface area contributed by atoms with Crippen LogP contribution >= 0.6 is 0 Å². The Morgan fingerprint density at radius 2 is 2.00 bits per heavy atom. The third-order valence-electron chi connectivity index (χ3n) is 2.96. The fourth-order valence-electron chi connectivity index (χ4n) is 2.06. The highest BCUT2D eigenvalue weighted by atomic mass is 16.6. The number of benzene rings is 1. The summed E-state index contributed by atoms with van der Waals surface area (Å²) in [5.41, 5.74) is 13.2. The molecule has 1 aromatic carbocycles. The first kappa shape index (κ1) is 12.9. The van der Waals surface area contributed by atoms with Gasteiger partial charge >= 0.3 is 0 Å². The van der Waals surface area contributed by atoms with Crippen LogP contribution in [0.5, 0.6) is 0 Å². The van der Waals surface area contributed by atoms with Crippen molar-refractivity contribution >= 4 is 17.2 Å². The van der Waals surface area contributed by atoms with Gasteiger partial charge in [0.2, 0.25) is 0 Å². The van der Waals surface area contributed by atoms with E-state index in [1.54, 1.807) is 12.1 Å². The summed E-state index contributed by atoms with van der Waals surface area (Å²) in [5.74, 6) is 0.725. The average Bonchev–Trinajstić information content (AvgIpc) is 2.38. The Balaban J connectivity index is 2.39. The molecule has 0 fully saturated rings. The van der Waals surface area contributed by atoms with Crippen LogP contribution in [0.15, 0.2) is 35.1 Å². The minimum atomic E-state index is -0.436. The van der Waals surface area contributed by atoms with Crippen molar-refractivity contribution < 1.29 is 4.92 Å². The molecule has 0 saturated carbocycles. The summed E-state index contributed by atoms with van der Waals surface area (Å²) in [5, 5.41) is 13.4. The summed E-state index contributed by atoms with van der Waals surface area (Å²) in [6.45, 7) is 1.98. The molecule has 0 bridgehead atoms. The summed E-state index contributed by atoms with van der Waals surface area (Å²) in [4.78, 5) is 14.5. The van der Waals surface area contributed by atoms with Crippen LogP contribution in [0.4, 0.5) is 5.69 Å². The first-order chi connectivity index (χ1) is 9.02. The molecule has 1 aliphatic heterocycles. The van der Waals surface area contributed by atoms with Crippen LogP contribution in [0.2, 0.25) is 0 Å². The number of nitro benzene ring substituents is 1. The predicted octanol–water partition coefficient (Wildman–Crippen LogP) is 0.919. The van der Waals surface area contributed by atoms with E-state index in [0.717, 1.165) is 17.6 Å². The fraction of sp³-hybridized carbons (Fsp3) is 0.250. The second kappa shape index (κ2) is 4.97. The average molecular weight is 261 g/mol. The van der Waals surface area contributed by atoms with Crippen molar-refractivity contribution in [2.24, 2.45) is 16.5 Å². The number of guanidine groups is 1. The summed E-state index contributed by atoms with van der Waals surface area (Å²) in [6, 6.07) is 6.10. The Morgan fingerprint density at radius 1 is 1.37 bits per heavy atom. The van der Waals surface area contributed by atoms with Crippen LogP contribution in [-0.4, -0.2) is 16.9 Å². The highest BCUT2D eigenvalue weighted by molar-refractivity contribution is 5.88. The number of hydrogen-bond donors (Lipinski definition) is 3. The van der Waals surface area contributed by atoms with Crippen molar-refractivity contribution in [2.75, 3.05) is 0 Å². The maximum absolute atomic E-state index is 10.6. The Kier molecular flexibility index (Phi) is 3.37. The number of nitro groups is 1. The van der Waals surface area contributed by atoms with Crippen molar-refractivity contribution in [2.45, 2.75) is 19.4 Å². The maximum atomic E-state index is 10.6. The van der Waals surface area contributed by atoms with E-state index in [1.165, 1.54) is 12.1 Å². The Labute approximate surface area is 110 Å². The molecule has 1 aromatic rings. The number of hydrogen-bond acceptors (Lipinski definition) is 6. The third kappa shape index (κ3) is 2.49. The molecule has 19 heavy (non-hydrogen) atoms. The highest BCUT2D eigenvalue weighted by Gasteiger charge is 2.22. The van der Waals surface area contributed by atoms with Gasteiger partial charge in [-0.25, -0.2) is 4.99 Å². The van der Waals surface area contributed by atoms with E-state index in [4.69, 9.17) is 11.5 Å². The molecule has 0 amide bonds. The normalized spacial score (nSPS) is 18.8. The first-order valence-corrected chi connectivity index (χ1v) is 5.87. The van der Waals surface area contributed by atoms with Gasteiger partial charge in [-0.05, 0) is 24.1 Å². The fourth-order valence-corrected chi connectivity index (χ4v) is 2.06. The second-order valence-corrected chi connectivity index (χ2v) is 4.19. The molecular weight excluding hydrogens is 246 g/mol. The number of rotatable bonds is 3. The standard InChI is InChI=1S/C12H15N5O2/c1-2-9-10(11(13)16-12(14)15-9)7-3-5-8(6-4-7)17(18)19/h3-6,9H,2,13H2,1H3,(H3,14,15,16). The van der Waals surface area contributed by atoms with Gasteiger partial charge in [-0.1, -0.05) is 6.92 Å². The topological polar surface area (TPSA) is 120 Å². The molecule has 1 aliphatic rings. The van der Waals surface area contributed by atoms with E-state index in [1.807, 2.05) is 6.92 Å². The molecule has 7 nitrogen and oxygen atoms in total. The first-order valence-electron chi connectivity index (χ1n) is 5.87. The zero-order valence-corrected chi connectivity index (χ0v) is 10.5. The maximum Gasteiger partial charge on any atom is 0.269 e. The van der Waals surface area contributed by atoms with Gasteiger partial charge in [-0.2, -0.15) is 0 Å². The Hall–Kier alpha value is -2.57. The zero-order valence-electron chi connectivity index (χ0n) is 10.5. The molecule has 7 heteroatoms. The molecular formula is C12H15N5O2. The summed E-state index contributed by atoms with van der Waals surface area (Å²) in [6.07, 6.45) is 0.745. The van der Waals surface area contributed by atoms with Gasteiger partial charge in [0.25, 0.3) is 5.69 Å². The summed E-state index contributed by atoms with van der Waals surface area (Å²) < 4.78 is 0. The molecule has 0 radical (unpaired) electrons. The van der Waals surface area contributed by atoms with Crippen molar-refractivity contribution in [1.82, 2.24) is 5.32 Å². The van der Waals surface area contributed by atoms with E-state index in [2.05, 4.69) is 10.3 Å². The lowest BCUT2D eigenvalue weighted by Crippen LogP contribution is -2.40. The van der Waals surface area contributed by atoms with Crippen molar-refractivity contribution in [1.29, 1.82) is 0 Å². The summed E-state index contributed by atoms with van der Waals surface area (Å²) >= 11 is 0. The van der Waals surface area contributed by atoms with E-state index in [0.29, 0.717) is 5.82 Å². The van der Waals surface area contributed by atoms with Crippen molar-refractivity contribution in [3.05, 3.63) is 45.8 Å². The minimum absolute atomic E-state index is 0.0442. The number of aliphatic imine (C=N–C) groups is 1. The monoisotopic (exact) mass is 261 g/mol. The van der Waals surface area contributed by atoms with Crippen LogP contribution in [-0.2, 0) is 0 Å². The molecule has 1 atom stereocenters. The van der Waals surface area contributed by atoms with Gasteiger partial charge in [0, 0.05) is 17.7 Å². The van der Waals surface area contributed by atoms with Crippen molar-refractivity contribution in [3.8, 4) is 0 Å². The quantitative estimate of drug-likeness (QED) is 0.552. The smallest absolute Gasteiger partial charge is 0.269 e. The van der Waals surface area contributed by atoms with Crippen LogP contribution in [0, 0.1) is 10.1 Å². The number of nitrogens with two attached hydrogens (primary N) is 2. The number of nitrogens with one attached hydrogen (secondary N) is 1. The highest BCUT2D eigenvalue weighted by Crippen LogP contribution is 2.27. The largest absolute Gasteiger partial charge is 0.385 e. The van der Waals surface area contributed by atoms with Crippen LogP contribution in [0.3, 0.4) is 0 Å². The van der Waals surface area contributed by atoms with Crippen LogP contribution < -0.4 is 16.8 Å². The third-order valence-corrected chi connectivity index (χ3v) is 2.96. The van der Waals surface area contributed by atoms with Gasteiger partial charge in [-0.3, -0.25) is 10.1 Å². The molecule has 1 unspecified atom stereocenters. The van der Waals surface area contributed by atoms with E-state index in [9.17, 15) is 10.1 Å². The molecule has 1 heterocycles. The Bertz CT molecular complexity index is 562. The zero-order chi connectivity index (χ0) is 14.0. The van der Waals surface area contributed by atoms with Gasteiger partial charge in [-0.15, -0.1) is 0 Å². The second-order valence-electron chi connectivity index (χ2n) is 4.19. The number of nitrogens with zero attached hydrogens (tertiary/aromatic N) is 2. The summed E-state index contributed by atoms with van der Waals surface area (Å²) in [7, 11) is 0.